The fraction of sp³-hybridized carbons (Fsp3) is 0.333. The zero-order chi connectivity index (χ0) is 14.8. The molecule has 6 heteroatoms. The van der Waals surface area contributed by atoms with Gasteiger partial charge < -0.3 is 0 Å². The lowest BCUT2D eigenvalue weighted by Crippen LogP contribution is -2.16. The Labute approximate surface area is 128 Å². The van der Waals surface area contributed by atoms with Crippen molar-refractivity contribution in [3.8, 4) is 10.6 Å². The van der Waals surface area contributed by atoms with Crippen molar-refractivity contribution in [1.29, 1.82) is 0 Å². The SMILES string of the molecule is Cc1c(CN(C)Cc2ccc(-c3ccn[nH]3)s2)cnn1C. The van der Waals surface area contributed by atoms with Gasteiger partial charge in [-0.3, -0.25) is 14.7 Å². The number of rotatable bonds is 5. The fourth-order valence-electron chi connectivity index (χ4n) is 2.31. The van der Waals surface area contributed by atoms with Crippen molar-refractivity contribution in [3.63, 3.8) is 0 Å². The highest BCUT2D eigenvalue weighted by atomic mass is 32.1. The number of hydrogen-bond donors (Lipinski definition) is 1. The van der Waals surface area contributed by atoms with E-state index in [1.807, 2.05) is 24.0 Å². The molecule has 110 valence electrons. The molecule has 0 saturated carbocycles. The molecule has 0 aliphatic rings. The largest absolute Gasteiger partial charge is 0.297 e. The molecule has 0 radical (unpaired) electrons. The fourth-order valence-corrected chi connectivity index (χ4v) is 3.38. The zero-order valence-electron chi connectivity index (χ0n) is 12.5. The highest BCUT2D eigenvalue weighted by Gasteiger charge is 2.09. The van der Waals surface area contributed by atoms with Crippen LogP contribution < -0.4 is 0 Å². The summed E-state index contributed by atoms with van der Waals surface area (Å²) in [7, 11) is 4.12. The number of aromatic amines is 1. The second-order valence-corrected chi connectivity index (χ2v) is 6.46. The van der Waals surface area contributed by atoms with Crippen LogP contribution in [0.5, 0.6) is 0 Å². The first-order chi connectivity index (χ1) is 10.1. The zero-order valence-corrected chi connectivity index (χ0v) is 13.3. The number of H-pyrrole nitrogens is 1. The lowest BCUT2D eigenvalue weighted by Gasteiger charge is -2.15. The van der Waals surface area contributed by atoms with Crippen molar-refractivity contribution in [2.24, 2.45) is 7.05 Å². The molecule has 0 aliphatic carbocycles. The minimum Gasteiger partial charge on any atom is -0.297 e. The maximum atomic E-state index is 4.30. The van der Waals surface area contributed by atoms with Crippen LogP contribution in [0.1, 0.15) is 16.1 Å². The van der Waals surface area contributed by atoms with Gasteiger partial charge in [0.1, 0.15) is 0 Å². The van der Waals surface area contributed by atoms with Crippen molar-refractivity contribution in [3.05, 3.63) is 46.7 Å². The van der Waals surface area contributed by atoms with Crippen LogP contribution in [-0.2, 0) is 20.1 Å². The van der Waals surface area contributed by atoms with E-state index >= 15 is 0 Å². The Bertz CT molecular complexity index is 710. The number of hydrogen-bond acceptors (Lipinski definition) is 4. The molecule has 0 bridgehead atoms. The molecule has 0 atom stereocenters. The monoisotopic (exact) mass is 301 g/mol. The summed E-state index contributed by atoms with van der Waals surface area (Å²) < 4.78 is 1.92. The number of aryl methyl sites for hydroxylation is 1. The minimum absolute atomic E-state index is 0.914. The summed E-state index contributed by atoms with van der Waals surface area (Å²) in [5.74, 6) is 0. The van der Waals surface area contributed by atoms with Crippen LogP contribution in [0.4, 0.5) is 0 Å². The minimum atomic E-state index is 0.914. The van der Waals surface area contributed by atoms with Gasteiger partial charge in [0.25, 0.3) is 0 Å². The highest BCUT2D eigenvalue weighted by Crippen LogP contribution is 2.27. The summed E-state index contributed by atoms with van der Waals surface area (Å²) in [6, 6.07) is 6.34. The maximum absolute atomic E-state index is 4.30. The Morgan fingerprint density at radius 2 is 2.14 bits per heavy atom. The first kappa shape index (κ1) is 14.0. The van der Waals surface area contributed by atoms with E-state index < -0.39 is 0 Å². The third-order valence-corrected chi connectivity index (χ3v) is 4.73. The average Bonchev–Trinajstić information content (AvgIpc) is 3.16. The molecule has 1 N–H and O–H groups in total. The molecule has 0 amide bonds. The van der Waals surface area contributed by atoms with Gasteiger partial charge in [-0.2, -0.15) is 10.2 Å². The van der Waals surface area contributed by atoms with Gasteiger partial charge in [-0.15, -0.1) is 11.3 Å². The van der Waals surface area contributed by atoms with Crippen LogP contribution in [-0.4, -0.2) is 31.9 Å². The normalized spacial score (nSPS) is 11.4. The summed E-state index contributed by atoms with van der Waals surface area (Å²) in [4.78, 5) is 4.89. The molecule has 0 spiro atoms. The van der Waals surface area contributed by atoms with E-state index in [0.717, 1.165) is 18.8 Å². The second-order valence-electron chi connectivity index (χ2n) is 5.29. The van der Waals surface area contributed by atoms with Crippen molar-refractivity contribution in [2.75, 3.05) is 7.05 Å². The number of nitrogens with one attached hydrogen (secondary N) is 1. The van der Waals surface area contributed by atoms with Crippen LogP contribution in [0, 0.1) is 6.92 Å². The van der Waals surface area contributed by atoms with Gasteiger partial charge in [0.2, 0.25) is 0 Å². The van der Waals surface area contributed by atoms with Gasteiger partial charge in [0.05, 0.1) is 16.8 Å². The van der Waals surface area contributed by atoms with Gasteiger partial charge in [0.15, 0.2) is 0 Å². The Morgan fingerprint density at radius 1 is 1.29 bits per heavy atom. The van der Waals surface area contributed by atoms with Crippen LogP contribution >= 0.6 is 11.3 Å². The van der Waals surface area contributed by atoms with Gasteiger partial charge in [-0.05, 0) is 32.2 Å². The van der Waals surface area contributed by atoms with Crippen LogP contribution in [0.15, 0.2) is 30.6 Å². The van der Waals surface area contributed by atoms with E-state index in [1.165, 1.54) is 21.0 Å². The molecule has 5 nitrogen and oxygen atoms in total. The van der Waals surface area contributed by atoms with Crippen LogP contribution in [0.2, 0.25) is 0 Å². The standard InChI is InChI=1S/C15H19N5S/c1-11-12(8-17-20(11)3)9-19(2)10-13-4-5-15(21-13)14-6-7-16-18-14/h4-8H,9-10H2,1-3H3,(H,16,18). The van der Waals surface area contributed by atoms with E-state index in [1.54, 1.807) is 17.5 Å². The van der Waals surface area contributed by atoms with E-state index in [-0.39, 0.29) is 0 Å². The smallest absolute Gasteiger partial charge is 0.0749 e. The lowest BCUT2D eigenvalue weighted by molar-refractivity contribution is 0.321. The molecule has 0 aliphatic heterocycles. The van der Waals surface area contributed by atoms with Gasteiger partial charge in [-0.25, -0.2) is 0 Å². The Kier molecular flexibility index (Phi) is 3.90. The summed E-state index contributed by atoms with van der Waals surface area (Å²) in [5, 5.41) is 11.3. The van der Waals surface area contributed by atoms with Crippen molar-refractivity contribution in [1.82, 2.24) is 24.9 Å². The number of thiophene rings is 1. The van der Waals surface area contributed by atoms with Crippen LogP contribution in [0.3, 0.4) is 0 Å². The molecule has 0 saturated heterocycles. The highest BCUT2D eigenvalue weighted by molar-refractivity contribution is 7.15. The van der Waals surface area contributed by atoms with Crippen molar-refractivity contribution in [2.45, 2.75) is 20.0 Å². The number of aromatic nitrogens is 4. The lowest BCUT2D eigenvalue weighted by atomic mass is 10.2. The van der Waals surface area contributed by atoms with E-state index in [2.05, 4.69) is 46.3 Å². The van der Waals surface area contributed by atoms with E-state index in [9.17, 15) is 0 Å². The predicted octanol–water partition coefficient (Wildman–Crippen LogP) is 2.81. The van der Waals surface area contributed by atoms with Gasteiger partial charge >= 0.3 is 0 Å². The quantitative estimate of drug-likeness (QED) is 0.788. The number of nitrogens with zero attached hydrogens (tertiary/aromatic N) is 4. The average molecular weight is 301 g/mol. The molecule has 0 aromatic carbocycles. The molecule has 0 fully saturated rings. The van der Waals surface area contributed by atoms with Gasteiger partial charge in [-0.1, -0.05) is 0 Å². The molecule has 3 aromatic rings. The summed E-state index contributed by atoms with van der Waals surface area (Å²) in [6.45, 7) is 3.96. The molecule has 3 heterocycles. The molecule has 0 unspecified atom stereocenters. The third kappa shape index (κ3) is 3.06. The molecule has 21 heavy (non-hydrogen) atoms. The molecular formula is C15H19N5S. The van der Waals surface area contributed by atoms with Crippen molar-refractivity contribution < 1.29 is 0 Å². The predicted molar refractivity (Wildman–Crippen MR) is 85.0 cm³/mol. The van der Waals surface area contributed by atoms with E-state index in [0.29, 0.717) is 0 Å². The molecule has 3 rings (SSSR count). The topological polar surface area (TPSA) is 49.7 Å². The summed E-state index contributed by atoms with van der Waals surface area (Å²) in [6.07, 6.45) is 3.74. The third-order valence-electron chi connectivity index (χ3n) is 3.63. The Hall–Kier alpha value is -1.92. The molecular weight excluding hydrogens is 282 g/mol. The second kappa shape index (κ2) is 5.83. The Morgan fingerprint density at radius 3 is 2.81 bits per heavy atom. The first-order valence-electron chi connectivity index (χ1n) is 6.88. The first-order valence-corrected chi connectivity index (χ1v) is 7.69. The maximum Gasteiger partial charge on any atom is 0.0749 e. The van der Waals surface area contributed by atoms with Gasteiger partial charge in [0, 0.05) is 42.5 Å². The Balaban J connectivity index is 1.65. The summed E-state index contributed by atoms with van der Waals surface area (Å²) >= 11 is 1.81. The van der Waals surface area contributed by atoms with Crippen LogP contribution in [0.25, 0.3) is 10.6 Å². The van der Waals surface area contributed by atoms with E-state index in [4.69, 9.17) is 0 Å². The van der Waals surface area contributed by atoms with Crippen molar-refractivity contribution >= 4 is 11.3 Å². The summed E-state index contributed by atoms with van der Waals surface area (Å²) in [5.41, 5.74) is 3.59. The molecule has 3 aromatic heterocycles.